The summed E-state index contributed by atoms with van der Waals surface area (Å²) < 4.78 is 22.9. The summed E-state index contributed by atoms with van der Waals surface area (Å²) in [6.45, 7) is 4.53. The van der Waals surface area contributed by atoms with Gasteiger partial charge in [-0.2, -0.15) is 0 Å². The van der Waals surface area contributed by atoms with Gasteiger partial charge in [0, 0.05) is 12.8 Å². The number of rotatable bonds is 77. The second-order valence-corrected chi connectivity index (χ2v) is 29.0. The van der Waals surface area contributed by atoms with Crippen molar-refractivity contribution in [2.24, 2.45) is 0 Å². The third-order valence-electron chi connectivity index (χ3n) is 17.8. The molecule has 0 saturated heterocycles. The Hall–Kier alpha value is -5.87. The van der Waals surface area contributed by atoms with Crippen LogP contribution in [0.5, 0.6) is 0 Å². The Balaban J connectivity index is 4.05. The summed E-state index contributed by atoms with van der Waals surface area (Å²) >= 11 is 0. The molecule has 0 fully saturated rings. The van der Waals surface area contributed by atoms with Crippen LogP contribution in [0.4, 0.5) is 0 Å². The highest BCUT2D eigenvalue weighted by atomic mass is 16.7. The van der Waals surface area contributed by atoms with Crippen LogP contribution in [-0.4, -0.2) is 82.3 Å². The fraction of sp³-hybridized carbons (Fsp3) is 0.635. The molecule has 2 atom stereocenters. The SMILES string of the molecule is CC/C=C\C/C=C\C/C=C\C/C=C\C/C=C\C/C=C\C/C=C\C/C=C\C/C=C\CCCCCCCCCCCCCC(=O)OC(COC(=O)CCCCCCCCCCCCCCCCCCCCC/C=C\C/C=C\C/C=C\C/C=C\C/C=C\C/C=C\C/C=C\CC)COC(OCC[N+](C)(C)C)C(=O)[O-]. The minimum Gasteiger partial charge on any atom is -0.545 e. The van der Waals surface area contributed by atoms with E-state index in [1.165, 1.54) is 154 Å². The van der Waals surface area contributed by atoms with Crippen LogP contribution in [0.2, 0.25) is 0 Å². The van der Waals surface area contributed by atoms with Crippen LogP contribution in [0.25, 0.3) is 0 Å². The molecule has 2 unspecified atom stereocenters. The lowest BCUT2D eigenvalue weighted by atomic mass is 10.0. The third kappa shape index (κ3) is 85.3. The van der Waals surface area contributed by atoms with E-state index in [2.05, 4.69) is 208 Å². The number of hydrogen-bond donors (Lipinski definition) is 0. The first-order valence-electron chi connectivity index (χ1n) is 42.6. The van der Waals surface area contributed by atoms with Crippen molar-refractivity contribution in [2.75, 3.05) is 47.5 Å². The highest BCUT2D eigenvalue weighted by molar-refractivity contribution is 5.70. The molecular weight excluding hydrogens is 1300 g/mol. The molecule has 0 saturated carbocycles. The highest BCUT2D eigenvalue weighted by Gasteiger charge is 2.22. The van der Waals surface area contributed by atoms with Gasteiger partial charge in [0.25, 0.3) is 0 Å². The Bertz CT molecular complexity index is 2450. The third-order valence-corrected chi connectivity index (χ3v) is 17.8. The van der Waals surface area contributed by atoms with Gasteiger partial charge in [0.1, 0.15) is 13.2 Å². The molecule has 0 aliphatic heterocycles. The van der Waals surface area contributed by atoms with Crippen molar-refractivity contribution in [3.8, 4) is 0 Å². The largest absolute Gasteiger partial charge is 0.545 e. The van der Waals surface area contributed by atoms with E-state index in [1.807, 2.05) is 21.1 Å². The van der Waals surface area contributed by atoms with Crippen molar-refractivity contribution in [1.29, 1.82) is 0 Å². The Morgan fingerprint density at radius 3 is 0.762 bits per heavy atom. The molecule has 0 aliphatic carbocycles. The lowest BCUT2D eigenvalue weighted by molar-refractivity contribution is -0.870. The molecule has 105 heavy (non-hydrogen) atoms. The minimum absolute atomic E-state index is 0.140. The Kier molecular flexibility index (Phi) is 79.1. The first-order chi connectivity index (χ1) is 51.6. The number of hydrogen-bond acceptors (Lipinski definition) is 8. The summed E-state index contributed by atoms with van der Waals surface area (Å²) in [7, 11) is 5.93. The Morgan fingerprint density at radius 1 is 0.286 bits per heavy atom. The molecule has 0 rings (SSSR count). The van der Waals surface area contributed by atoms with Gasteiger partial charge in [0.2, 0.25) is 0 Å². The second-order valence-electron chi connectivity index (χ2n) is 29.0. The molecule has 0 radical (unpaired) electrons. The van der Waals surface area contributed by atoms with Crippen LogP contribution in [0, 0.1) is 0 Å². The molecule has 0 aliphatic rings. The summed E-state index contributed by atoms with van der Waals surface area (Å²) in [5.41, 5.74) is 0. The molecule has 0 aromatic heterocycles. The molecule has 0 spiro atoms. The molecule has 0 aromatic rings. The van der Waals surface area contributed by atoms with Crippen molar-refractivity contribution < 1.29 is 42.9 Å². The lowest BCUT2D eigenvalue weighted by Gasteiger charge is -2.26. The highest BCUT2D eigenvalue weighted by Crippen LogP contribution is 2.18. The maximum Gasteiger partial charge on any atom is 0.306 e. The summed E-state index contributed by atoms with van der Waals surface area (Å²) in [4.78, 5) is 37.7. The normalized spacial score (nSPS) is 13.6. The molecule has 0 bridgehead atoms. The molecule has 594 valence electrons. The van der Waals surface area contributed by atoms with Gasteiger partial charge in [0.15, 0.2) is 12.4 Å². The molecule has 0 amide bonds. The molecule has 9 heteroatoms. The maximum atomic E-state index is 13.0. The molecule has 0 N–H and O–H groups in total. The molecular formula is C96H157NO8. The quantitative estimate of drug-likeness (QED) is 0.0195. The second kappa shape index (κ2) is 83.8. The number of carboxylic acids is 1. The van der Waals surface area contributed by atoms with Crippen molar-refractivity contribution in [2.45, 2.75) is 347 Å². The standard InChI is InChI=1S/C96H157NO8/c1-6-8-10-12-14-16-18-20-22-24-26-28-30-32-34-36-38-40-42-44-46-47-49-50-52-54-56-58-60-62-64-66-68-70-72-74-76-78-80-82-84-86-93(98)103-90-92(91-104-96(95(100)101)102-89-88-97(3,4)5)105-94(99)87-85-83-81-79-77-75-73-71-69-67-65-63-61-59-57-55-53-51-48-45-43-41-39-37-35-33-31-29-27-25-23-21-19-17-15-13-11-9-7-2/h8-11,14-17,20-23,26-29,32-35,38-41,44-46,48,53,55,59,61,92,96H,6-7,12-13,18-19,24-25,30-31,36-37,42-43,47,49-52,54,56-58,60,62-91H2,1-5H3/b10-8-,11-9-,16-14-,17-15-,22-20-,23-21-,28-26-,29-27-,34-32-,35-33-,40-38-,41-39-,46-44-,48-45-,55-53-,61-59-. The number of aliphatic carboxylic acids is 1. The monoisotopic (exact) mass is 1450 g/mol. The van der Waals surface area contributed by atoms with Gasteiger partial charge >= 0.3 is 11.9 Å². The Morgan fingerprint density at radius 2 is 0.514 bits per heavy atom. The minimum atomic E-state index is -1.63. The number of carbonyl (C=O) groups is 3. The van der Waals surface area contributed by atoms with Crippen LogP contribution in [-0.2, 0) is 33.3 Å². The van der Waals surface area contributed by atoms with E-state index >= 15 is 0 Å². The fourth-order valence-corrected chi connectivity index (χ4v) is 11.5. The average Bonchev–Trinajstić information content (AvgIpc) is 1.97. The number of likely N-dealkylation sites (N-methyl/N-ethyl adjacent to an activating group) is 1. The van der Waals surface area contributed by atoms with E-state index in [9.17, 15) is 19.5 Å². The zero-order valence-electron chi connectivity index (χ0n) is 68.0. The summed E-state index contributed by atoms with van der Waals surface area (Å²) in [5.74, 6) is -2.29. The summed E-state index contributed by atoms with van der Waals surface area (Å²) in [6.07, 6.45) is 126. The zero-order valence-corrected chi connectivity index (χ0v) is 68.0. The van der Waals surface area contributed by atoms with Crippen molar-refractivity contribution in [1.82, 2.24) is 0 Å². The number of allylic oxidation sites excluding steroid dienone is 32. The number of quaternary nitrogens is 1. The van der Waals surface area contributed by atoms with Gasteiger partial charge in [-0.25, -0.2) is 0 Å². The van der Waals surface area contributed by atoms with Crippen LogP contribution in [0.1, 0.15) is 335 Å². The van der Waals surface area contributed by atoms with Gasteiger partial charge in [-0.15, -0.1) is 0 Å². The average molecular weight is 1450 g/mol. The molecule has 0 heterocycles. The maximum absolute atomic E-state index is 13.0. The number of carbonyl (C=O) groups excluding carboxylic acids is 3. The fourth-order valence-electron chi connectivity index (χ4n) is 11.5. The van der Waals surface area contributed by atoms with Crippen LogP contribution in [0.3, 0.4) is 0 Å². The van der Waals surface area contributed by atoms with Crippen LogP contribution < -0.4 is 5.11 Å². The van der Waals surface area contributed by atoms with Crippen molar-refractivity contribution >= 4 is 17.9 Å². The Labute approximate surface area is 646 Å². The van der Waals surface area contributed by atoms with E-state index in [0.29, 0.717) is 17.4 Å². The number of esters is 2. The first-order valence-corrected chi connectivity index (χ1v) is 42.6. The van der Waals surface area contributed by atoms with Gasteiger partial charge in [0.05, 0.1) is 40.3 Å². The van der Waals surface area contributed by atoms with E-state index in [4.69, 9.17) is 18.9 Å². The first kappa shape index (κ1) is 99.1. The van der Waals surface area contributed by atoms with Gasteiger partial charge in [-0.1, -0.05) is 375 Å². The van der Waals surface area contributed by atoms with Gasteiger partial charge < -0.3 is 33.3 Å². The van der Waals surface area contributed by atoms with Crippen LogP contribution in [0.15, 0.2) is 194 Å². The topological polar surface area (TPSA) is 111 Å². The smallest absolute Gasteiger partial charge is 0.306 e. The number of nitrogens with zero attached hydrogens (tertiary/aromatic N) is 1. The zero-order chi connectivity index (χ0) is 76.0. The van der Waals surface area contributed by atoms with E-state index in [0.717, 1.165) is 148 Å². The van der Waals surface area contributed by atoms with E-state index in [-0.39, 0.29) is 38.6 Å². The predicted octanol–water partition coefficient (Wildman–Crippen LogP) is 26.7. The number of ether oxygens (including phenoxy) is 4. The van der Waals surface area contributed by atoms with Crippen molar-refractivity contribution in [3.05, 3.63) is 194 Å². The predicted molar refractivity (Wildman–Crippen MR) is 453 cm³/mol. The lowest BCUT2D eigenvalue weighted by Crippen LogP contribution is -2.44. The van der Waals surface area contributed by atoms with Crippen molar-refractivity contribution in [3.63, 3.8) is 0 Å². The van der Waals surface area contributed by atoms with Crippen LogP contribution >= 0.6 is 0 Å². The molecule has 0 aromatic carbocycles. The number of unbranched alkanes of at least 4 members (excludes halogenated alkanes) is 30. The van der Waals surface area contributed by atoms with Gasteiger partial charge in [-0.05, 0) is 141 Å². The number of carboxylic acid groups (broad SMARTS) is 1. The summed E-state index contributed by atoms with van der Waals surface area (Å²) in [5, 5.41) is 11.9. The van der Waals surface area contributed by atoms with E-state index in [1.54, 1.807) is 0 Å². The van der Waals surface area contributed by atoms with E-state index < -0.39 is 24.3 Å². The summed E-state index contributed by atoms with van der Waals surface area (Å²) in [6, 6.07) is 0. The molecule has 9 nitrogen and oxygen atoms in total. The van der Waals surface area contributed by atoms with Gasteiger partial charge in [-0.3, -0.25) is 9.59 Å².